The standard InChI is InChI=1S/C11H16N2O2/c1-15-8-11(14)13-7-10-4-2-3-9(5-10)6-12/h2-5H,6-8,12H2,1H3,(H,13,14). The van der Waals surface area contributed by atoms with Gasteiger partial charge in [-0.15, -0.1) is 0 Å². The third-order valence-electron chi connectivity index (χ3n) is 1.99. The molecule has 0 bridgehead atoms. The topological polar surface area (TPSA) is 64.3 Å². The van der Waals surface area contributed by atoms with Crippen molar-refractivity contribution in [3.05, 3.63) is 35.4 Å². The van der Waals surface area contributed by atoms with Crippen LogP contribution in [-0.2, 0) is 22.6 Å². The molecule has 0 aliphatic carbocycles. The third kappa shape index (κ3) is 4.10. The summed E-state index contributed by atoms with van der Waals surface area (Å²) in [7, 11) is 1.49. The number of carbonyl (C=O) groups is 1. The molecule has 0 saturated heterocycles. The average molecular weight is 208 g/mol. The van der Waals surface area contributed by atoms with E-state index in [1.807, 2.05) is 24.3 Å². The molecule has 0 atom stereocenters. The molecule has 0 aliphatic heterocycles. The molecule has 1 aromatic rings. The van der Waals surface area contributed by atoms with Crippen LogP contribution in [-0.4, -0.2) is 19.6 Å². The van der Waals surface area contributed by atoms with Crippen LogP contribution in [0.4, 0.5) is 0 Å². The summed E-state index contributed by atoms with van der Waals surface area (Å²) in [6.45, 7) is 1.12. The molecular weight excluding hydrogens is 192 g/mol. The van der Waals surface area contributed by atoms with Crippen molar-refractivity contribution in [3.63, 3.8) is 0 Å². The quantitative estimate of drug-likeness (QED) is 0.736. The second kappa shape index (κ2) is 6.16. The zero-order valence-corrected chi connectivity index (χ0v) is 8.82. The van der Waals surface area contributed by atoms with Crippen LogP contribution in [0, 0.1) is 0 Å². The van der Waals surface area contributed by atoms with Gasteiger partial charge in [0, 0.05) is 20.2 Å². The normalized spacial score (nSPS) is 10.0. The van der Waals surface area contributed by atoms with E-state index in [1.165, 1.54) is 7.11 Å². The Morgan fingerprint density at radius 2 is 2.20 bits per heavy atom. The highest BCUT2D eigenvalue weighted by Gasteiger charge is 2.00. The molecule has 0 fully saturated rings. The van der Waals surface area contributed by atoms with Gasteiger partial charge in [-0.05, 0) is 11.1 Å². The highest BCUT2D eigenvalue weighted by atomic mass is 16.5. The van der Waals surface area contributed by atoms with Crippen molar-refractivity contribution in [2.45, 2.75) is 13.1 Å². The first-order valence-electron chi connectivity index (χ1n) is 4.79. The fraction of sp³-hybridized carbons (Fsp3) is 0.364. The maximum absolute atomic E-state index is 11.1. The van der Waals surface area contributed by atoms with Crippen molar-refractivity contribution >= 4 is 5.91 Å². The highest BCUT2D eigenvalue weighted by Crippen LogP contribution is 2.03. The van der Waals surface area contributed by atoms with E-state index in [0.29, 0.717) is 13.1 Å². The molecule has 1 aromatic carbocycles. The Hall–Kier alpha value is -1.39. The minimum atomic E-state index is -0.115. The third-order valence-corrected chi connectivity index (χ3v) is 1.99. The first-order valence-corrected chi connectivity index (χ1v) is 4.79. The van der Waals surface area contributed by atoms with Crippen LogP contribution >= 0.6 is 0 Å². The lowest BCUT2D eigenvalue weighted by Crippen LogP contribution is -2.26. The molecule has 15 heavy (non-hydrogen) atoms. The Morgan fingerprint density at radius 3 is 2.87 bits per heavy atom. The van der Waals surface area contributed by atoms with Crippen LogP contribution in [0.2, 0.25) is 0 Å². The van der Waals surface area contributed by atoms with Crippen molar-refractivity contribution in [1.29, 1.82) is 0 Å². The molecule has 4 heteroatoms. The number of nitrogens with one attached hydrogen (secondary N) is 1. The Kier molecular flexibility index (Phi) is 4.80. The molecule has 1 rings (SSSR count). The smallest absolute Gasteiger partial charge is 0.246 e. The molecular formula is C11H16N2O2. The summed E-state index contributed by atoms with van der Waals surface area (Å²) < 4.78 is 4.70. The van der Waals surface area contributed by atoms with Gasteiger partial charge in [0.15, 0.2) is 0 Å². The van der Waals surface area contributed by atoms with Crippen molar-refractivity contribution in [2.24, 2.45) is 5.73 Å². The van der Waals surface area contributed by atoms with Gasteiger partial charge in [-0.25, -0.2) is 0 Å². The van der Waals surface area contributed by atoms with E-state index in [-0.39, 0.29) is 12.5 Å². The van der Waals surface area contributed by atoms with Crippen LogP contribution in [0.1, 0.15) is 11.1 Å². The maximum atomic E-state index is 11.1. The van der Waals surface area contributed by atoms with Crippen LogP contribution in [0.15, 0.2) is 24.3 Å². The van der Waals surface area contributed by atoms with E-state index in [4.69, 9.17) is 10.5 Å². The fourth-order valence-corrected chi connectivity index (χ4v) is 1.25. The Balaban J connectivity index is 2.46. The Morgan fingerprint density at radius 1 is 1.47 bits per heavy atom. The highest BCUT2D eigenvalue weighted by molar-refractivity contribution is 5.77. The van der Waals surface area contributed by atoms with E-state index >= 15 is 0 Å². The molecule has 1 amide bonds. The number of ether oxygens (including phenoxy) is 1. The van der Waals surface area contributed by atoms with E-state index in [2.05, 4.69) is 5.32 Å². The minimum Gasteiger partial charge on any atom is -0.375 e. The van der Waals surface area contributed by atoms with E-state index in [9.17, 15) is 4.79 Å². The summed E-state index contributed by atoms with van der Waals surface area (Å²) >= 11 is 0. The van der Waals surface area contributed by atoms with Crippen molar-refractivity contribution in [1.82, 2.24) is 5.32 Å². The lowest BCUT2D eigenvalue weighted by molar-refractivity contribution is -0.124. The predicted octanol–water partition coefficient (Wildman–Crippen LogP) is 0.408. The molecule has 0 heterocycles. The van der Waals surface area contributed by atoms with Crippen molar-refractivity contribution in [2.75, 3.05) is 13.7 Å². The van der Waals surface area contributed by atoms with Gasteiger partial charge >= 0.3 is 0 Å². The molecule has 82 valence electrons. The molecule has 0 radical (unpaired) electrons. The molecule has 3 N–H and O–H groups in total. The summed E-state index contributed by atoms with van der Waals surface area (Å²) in [6, 6.07) is 7.82. The molecule has 0 saturated carbocycles. The Bertz CT molecular complexity index is 326. The minimum absolute atomic E-state index is 0.0938. The number of hydrogen-bond acceptors (Lipinski definition) is 3. The van der Waals surface area contributed by atoms with Gasteiger partial charge in [0.05, 0.1) is 0 Å². The number of carbonyl (C=O) groups excluding carboxylic acids is 1. The van der Waals surface area contributed by atoms with E-state index in [0.717, 1.165) is 11.1 Å². The van der Waals surface area contributed by atoms with Crippen LogP contribution in [0.5, 0.6) is 0 Å². The summed E-state index contributed by atoms with van der Waals surface area (Å²) in [5.41, 5.74) is 7.62. The van der Waals surface area contributed by atoms with Crippen LogP contribution in [0.3, 0.4) is 0 Å². The SMILES string of the molecule is COCC(=O)NCc1cccc(CN)c1. The van der Waals surface area contributed by atoms with Gasteiger partial charge in [0.1, 0.15) is 6.61 Å². The predicted molar refractivity (Wildman–Crippen MR) is 58.1 cm³/mol. The monoisotopic (exact) mass is 208 g/mol. The molecule has 0 aromatic heterocycles. The van der Waals surface area contributed by atoms with Gasteiger partial charge < -0.3 is 15.8 Å². The van der Waals surface area contributed by atoms with Crippen LogP contribution < -0.4 is 11.1 Å². The number of rotatable bonds is 5. The number of nitrogens with two attached hydrogens (primary N) is 1. The largest absolute Gasteiger partial charge is 0.375 e. The van der Waals surface area contributed by atoms with E-state index in [1.54, 1.807) is 0 Å². The average Bonchev–Trinajstić information content (AvgIpc) is 2.27. The zero-order chi connectivity index (χ0) is 11.1. The van der Waals surface area contributed by atoms with Crippen molar-refractivity contribution < 1.29 is 9.53 Å². The molecule has 0 unspecified atom stereocenters. The van der Waals surface area contributed by atoms with Gasteiger partial charge in [-0.2, -0.15) is 0 Å². The van der Waals surface area contributed by atoms with Gasteiger partial charge in [0.25, 0.3) is 0 Å². The second-order valence-corrected chi connectivity index (χ2v) is 3.23. The van der Waals surface area contributed by atoms with Gasteiger partial charge in [0.2, 0.25) is 5.91 Å². The second-order valence-electron chi connectivity index (χ2n) is 3.23. The lowest BCUT2D eigenvalue weighted by atomic mass is 10.1. The first-order chi connectivity index (χ1) is 7.26. The van der Waals surface area contributed by atoms with Gasteiger partial charge in [-0.1, -0.05) is 24.3 Å². The number of methoxy groups -OCH3 is 1. The first kappa shape index (κ1) is 11.7. The molecule has 0 aliphatic rings. The number of benzene rings is 1. The zero-order valence-electron chi connectivity index (χ0n) is 8.82. The number of amides is 1. The van der Waals surface area contributed by atoms with Crippen molar-refractivity contribution in [3.8, 4) is 0 Å². The van der Waals surface area contributed by atoms with Crippen LogP contribution in [0.25, 0.3) is 0 Å². The van der Waals surface area contributed by atoms with Gasteiger partial charge in [-0.3, -0.25) is 4.79 Å². The Labute approximate surface area is 89.4 Å². The maximum Gasteiger partial charge on any atom is 0.246 e. The number of hydrogen-bond donors (Lipinski definition) is 2. The molecule has 4 nitrogen and oxygen atoms in total. The fourth-order valence-electron chi connectivity index (χ4n) is 1.25. The summed E-state index contributed by atoms with van der Waals surface area (Å²) in [5.74, 6) is -0.115. The molecule has 0 spiro atoms. The summed E-state index contributed by atoms with van der Waals surface area (Å²) in [4.78, 5) is 11.1. The summed E-state index contributed by atoms with van der Waals surface area (Å²) in [5, 5.41) is 2.75. The lowest BCUT2D eigenvalue weighted by Gasteiger charge is -2.05. The van der Waals surface area contributed by atoms with E-state index < -0.39 is 0 Å². The summed E-state index contributed by atoms with van der Waals surface area (Å²) in [6.07, 6.45) is 0.